The Morgan fingerprint density at radius 3 is 2.37 bits per heavy atom. The zero-order chi connectivity index (χ0) is 21.6. The fourth-order valence-electron chi connectivity index (χ4n) is 3.79. The Bertz CT molecular complexity index is 1120. The van der Waals surface area contributed by atoms with Crippen molar-refractivity contribution in [3.63, 3.8) is 0 Å². The third-order valence-electron chi connectivity index (χ3n) is 5.29. The van der Waals surface area contributed by atoms with Crippen LogP contribution in [0.2, 0.25) is 15.1 Å². The maximum Gasteiger partial charge on any atom is 0.414 e. The van der Waals surface area contributed by atoms with E-state index in [0.29, 0.717) is 18.5 Å². The van der Waals surface area contributed by atoms with Crippen LogP contribution in [-0.4, -0.2) is 37.9 Å². The lowest BCUT2D eigenvalue weighted by molar-refractivity contribution is 0.136. The summed E-state index contributed by atoms with van der Waals surface area (Å²) in [6.07, 6.45) is 0.440. The van der Waals surface area contributed by atoms with E-state index in [1.807, 2.05) is 0 Å². The first-order valence-electron chi connectivity index (χ1n) is 9.17. The van der Waals surface area contributed by atoms with Crippen molar-refractivity contribution in [2.75, 3.05) is 23.7 Å². The van der Waals surface area contributed by atoms with Crippen LogP contribution in [0.3, 0.4) is 0 Å². The zero-order valence-electron chi connectivity index (χ0n) is 15.6. The number of piperidine rings is 1. The third kappa shape index (κ3) is 3.83. The lowest BCUT2D eigenvalue weighted by Crippen LogP contribution is -2.50. The fraction of sp³-hybridized carbons (Fsp3) is 0.316. The summed E-state index contributed by atoms with van der Waals surface area (Å²) in [6, 6.07) is 7.69. The first-order valence-corrected chi connectivity index (χ1v) is 11.7. The van der Waals surface area contributed by atoms with Crippen molar-refractivity contribution in [1.29, 1.82) is 0 Å². The van der Waals surface area contributed by atoms with Gasteiger partial charge in [-0.05, 0) is 43.2 Å². The minimum Gasteiger partial charge on any atom is -0.444 e. The maximum absolute atomic E-state index is 13.1. The summed E-state index contributed by atoms with van der Waals surface area (Å²) in [4.78, 5) is 14.0. The number of carbonyl (C=O) groups excluding carboxylic acids is 1. The Kier molecular flexibility index (Phi) is 5.80. The predicted molar refractivity (Wildman–Crippen MR) is 117 cm³/mol. The highest BCUT2D eigenvalue weighted by Crippen LogP contribution is 2.36. The molecule has 0 aromatic heterocycles. The highest BCUT2D eigenvalue weighted by atomic mass is 35.5. The van der Waals surface area contributed by atoms with E-state index in [-0.39, 0.29) is 45.7 Å². The van der Waals surface area contributed by atoms with Gasteiger partial charge in [-0.1, -0.05) is 34.8 Å². The Labute approximate surface area is 189 Å². The number of nitrogens with two attached hydrogens (primary N) is 1. The average molecular weight is 491 g/mol. The number of cyclic esters (lactones) is 1. The van der Waals surface area contributed by atoms with Gasteiger partial charge in [0.05, 0.1) is 20.8 Å². The molecular formula is C19H18Cl3N3O4S. The molecule has 0 atom stereocenters. The minimum absolute atomic E-state index is 0.0117. The third-order valence-corrected chi connectivity index (χ3v) is 8.38. The normalized spacial score (nSPS) is 18.2. The van der Waals surface area contributed by atoms with Crippen LogP contribution in [0, 0.1) is 0 Å². The molecule has 7 nitrogen and oxygen atoms in total. The van der Waals surface area contributed by atoms with Crippen molar-refractivity contribution in [2.24, 2.45) is 0 Å². The van der Waals surface area contributed by atoms with Gasteiger partial charge >= 0.3 is 6.09 Å². The van der Waals surface area contributed by atoms with Crippen molar-refractivity contribution in [3.8, 4) is 0 Å². The molecule has 2 aromatic carbocycles. The molecule has 0 spiro atoms. The standard InChI is InChI=1S/C19H18Cl3N3O4S/c20-14-8-16(22)18(9-15(14)21)30(27,28)24-5-3-13(4-6-24)25-17-2-1-12(23)7-11(17)10-29-19(25)26/h1-2,7-9,13H,3-6,10,23H2. The van der Waals surface area contributed by atoms with Crippen LogP contribution in [-0.2, 0) is 21.4 Å². The average Bonchev–Trinajstić information content (AvgIpc) is 2.71. The van der Waals surface area contributed by atoms with Crippen LogP contribution in [0.1, 0.15) is 18.4 Å². The molecule has 0 unspecified atom stereocenters. The number of amides is 1. The molecule has 30 heavy (non-hydrogen) atoms. The van der Waals surface area contributed by atoms with Crippen LogP contribution in [0.25, 0.3) is 0 Å². The van der Waals surface area contributed by atoms with Crippen LogP contribution < -0.4 is 10.6 Å². The minimum atomic E-state index is -3.86. The summed E-state index contributed by atoms with van der Waals surface area (Å²) in [7, 11) is -3.86. The number of benzene rings is 2. The Morgan fingerprint density at radius 2 is 1.67 bits per heavy atom. The number of rotatable bonds is 3. The number of nitrogens with zero attached hydrogens (tertiary/aromatic N) is 2. The van der Waals surface area contributed by atoms with Crippen molar-refractivity contribution < 1.29 is 17.9 Å². The number of nitrogen functional groups attached to an aromatic ring is 1. The lowest BCUT2D eigenvalue weighted by atomic mass is 10.0. The largest absolute Gasteiger partial charge is 0.444 e. The second-order valence-electron chi connectivity index (χ2n) is 7.14. The van der Waals surface area contributed by atoms with E-state index in [1.54, 1.807) is 23.1 Å². The van der Waals surface area contributed by atoms with Gasteiger partial charge in [0.2, 0.25) is 10.0 Å². The van der Waals surface area contributed by atoms with Gasteiger partial charge in [-0.25, -0.2) is 13.2 Å². The van der Waals surface area contributed by atoms with Crippen LogP contribution in [0.15, 0.2) is 35.2 Å². The summed E-state index contributed by atoms with van der Waals surface area (Å²) >= 11 is 18.0. The quantitative estimate of drug-likeness (QED) is 0.504. The number of hydrogen-bond acceptors (Lipinski definition) is 5. The van der Waals surface area contributed by atoms with Gasteiger partial charge in [0.25, 0.3) is 0 Å². The lowest BCUT2D eigenvalue weighted by Gasteiger charge is -2.39. The summed E-state index contributed by atoms with van der Waals surface area (Å²) < 4.78 is 32.8. The molecule has 2 aliphatic rings. The smallest absolute Gasteiger partial charge is 0.414 e. The molecule has 1 fully saturated rings. The molecule has 2 heterocycles. The van der Waals surface area contributed by atoms with E-state index in [2.05, 4.69) is 0 Å². The number of ether oxygens (including phenoxy) is 1. The van der Waals surface area contributed by atoms with Crippen molar-refractivity contribution in [1.82, 2.24) is 4.31 Å². The monoisotopic (exact) mass is 489 g/mol. The molecule has 2 aromatic rings. The van der Waals surface area contributed by atoms with Gasteiger partial charge in [-0.15, -0.1) is 0 Å². The highest BCUT2D eigenvalue weighted by Gasteiger charge is 2.37. The van der Waals surface area contributed by atoms with Gasteiger partial charge in [0.15, 0.2) is 0 Å². The van der Waals surface area contributed by atoms with Gasteiger partial charge in [-0.2, -0.15) is 4.31 Å². The number of fused-ring (bicyclic) bond motifs is 1. The molecule has 0 saturated carbocycles. The summed E-state index contributed by atoms with van der Waals surface area (Å²) in [6.45, 7) is 0.605. The summed E-state index contributed by atoms with van der Waals surface area (Å²) in [5.74, 6) is 0. The number of sulfonamides is 1. The second kappa shape index (κ2) is 8.09. The Balaban J connectivity index is 1.55. The van der Waals surface area contributed by atoms with Crippen molar-refractivity contribution in [3.05, 3.63) is 51.0 Å². The Morgan fingerprint density at radius 1 is 1.00 bits per heavy atom. The first kappa shape index (κ1) is 21.5. The zero-order valence-corrected chi connectivity index (χ0v) is 18.7. The van der Waals surface area contributed by atoms with E-state index in [9.17, 15) is 13.2 Å². The second-order valence-corrected chi connectivity index (χ2v) is 10.3. The highest BCUT2D eigenvalue weighted by molar-refractivity contribution is 7.89. The van der Waals surface area contributed by atoms with E-state index in [0.717, 1.165) is 11.3 Å². The number of anilines is 2. The van der Waals surface area contributed by atoms with Gasteiger partial charge < -0.3 is 10.5 Å². The topological polar surface area (TPSA) is 92.9 Å². The van der Waals surface area contributed by atoms with E-state index in [1.165, 1.54) is 16.4 Å². The van der Waals surface area contributed by atoms with E-state index < -0.39 is 16.1 Å². The summed E-state index contributed by atoms with van der Waals surface area (Å²) in [5.41, 5.74) is 7.99. The van der Waals surface area contributed by atoms with Crippen molar-refractivity contribution >= 4 is 62.3 Å². The van der Waals surface area contributed by atoms with Gasteiger partial charge in [0, 0.05) is 30.4 Å². The molecular weight excluding hydrogens is 473 g/mol. The van der Waals surface area contributed by atoms with E-state index >= 15 is 0 Å². The van der Waals surface area contributed by atoms with Gasteiger partial charge in [0.1, 0.15) is 11.5 Å². The molecule has 0 bridgehead atoms. The SMILES string of the molecule is Nc1ccc2c(c1)COC(=O)N2C1CCN(S(=O)(=O)c2cc(Cl)c(Cl)cc2Cl)CC1. The molecule has 4 rings (SSSR count). The van der Waals surface area contributed by atoms with Crippen LogP contribution >= 0.6 is 34.8 Å². The number of hydrogen-bond donors (Lipinski definition) is 1. The predicted octanol–water partition coefficient (Wildman–Crippen LogP) is 4.54. The van der Waals surface area contributed by atoms with Crippen LogP contribution in [0.4, 0.5) is 16.2 Å². The number of halogens is 3. The molecule has 2 N–H and O–H groups in total. The number of carbonyl (C=O) groups is 1. The van der Waals surface area contributed by atoms with Crippen LogP contribution in [0.5, 0.6) is 0 Å². The van der Waals surface area contributed by atoms with Crippen molar-refractivity contribution in [2.45, 2.75) is 30.4 Å². The molecule has 0 radical (unpaired) electrons. The molecule has 0 aliphatic carbocycles. The summed E-state index contributed by atoms with van der Waals surface area (Å²) in [5, 5.41) is 0.307. The molecule has 1 saturated heterocycles. The molecule has 160 valence electrons. The molecule has 11 heteroatoms. The molecule has 1 amide bonds. The Hall–Kier alpha value is -1.71. The molecule has 2 aliphatic heterocycles. The maximum atomic E-state index is 13.1. The first-order chi connectivity index (χ1) is 14.2. The van der Waals surface area contributed by atoms with E-state index in [4.69, 9.17) is 45.3 Å². The van der Waals surface area contributed by atoms with Gasteiger partial charge in [-0.3, -0.25) is 4.90 Å². The fourth-order valence-corrected chi connectivity index (χ4v) is 6.24.